The van der Waals surface area contributed by atoms with Crippen molar-refractivity contribution in [2.24, 2.45) is 11.8 Å². The van der Waals surface area contributed by atoms with Gasteiger partial charge in [0.05, 0.1) is 29.7 Å². The van der Waals surface area contributed by atoms with Gasteiger partial charge in [0.25, 0.3) is 0 Å². The third-order valence-electron chi connectivity index (χ3n) is 8.75. The predicted molar refractivity (Wildman–Crippen MR) is 140 cm³/mol. The first-order valence-corrected chi connectivity index (χ1v) is 14.3. The number of esters is 1. The van der Waals surface area contributed by atoms with Crippen LogP contribution in [0.2, 0.25) is 0 Å². The number of hydrogen-bond donors (Lipinski definition) is 0. The van der Waals surface area contributed by atoms with Crippen LogP contribution in [0.15, 0.2) is 24.4 Å². The topological polar surface area (TPSA) is 51.7 Å². The Hall–Kier alpha value is -2.42. The molecule has 1 aromatic carbocycles. The number of carbonyl (C=O) groups is 1. The average Bonchev–Trinajstić information content (AvgIpc) is 2.88. The van der Waals surface area contributed by atoms with Crippen molar-refractivity contribution in [1.29, 1.82) is 0 Å². The molecule has 214 valence electrons. The summed E-state index contributed by atoms with van der Waals surface area (Å²) in [6.45, 7) is 3.69. The molecular formula is C30H38F4N2O3. The number of hydrogen-bond acceptors (Lipinski definition) is 5. The Morgan fingerprint density at radius 3 is 2.38 bits per heavy atom. The second-order valence-corrected chi connectivity index (χ2v) is 11.8. The lowest BCUT2D eigenvalue weighted by Crippen LogP contribution is -2.53. The minimum Gasteiger partial charge on any atom is -0.490 e. The number of carbonyl (C=O) groups excluding carboxylic acids is 1. The van der Waals surface area contributed by atoms with Gasteiger partial charge in [-0.1, -0.05) is 12.5 Å². The molecule has 3 aliphatic rings. The highest BCUT2D eigenvalue weighted by Gasteiger charge is 2.43. The van der Waals surface area contributed by atoms with Crippen LogP contribution >= 0.6 is 0 Å². The largest absolute Gasteiger partial charge is 0.490 e. The number of piperidine rings is 2. The second-order valence-electron chi connectivity index (χ2n) is 11.8. The van der Waals surface area contributed by atoms with Crippen LogP contribution in [0.4, 0.5) is 17.6 Å². The maximum Gasteiger partial charge on any atom is 0.391 e. The highest BCUT2D eigenvalue weighted by Crippen LogP contribution is 2.41. The van der Waals surface area contributed by atoms with E-state index in [1.54, 1.807) is 12.3 Å². The van der Waals surface area contributed by atoms with Crippen LogP contribution in [0.3, 0.4) is 0 Å². The molecule has 2 saturated heterocycles. The molecule has 9 heteroatoms. The summed E-state index contributed by atoms with van der Waals surface area (Å²) in [6.07, 6.45) is 2.60. The first kappa shape index (κ1) is 28.1. The van der Waals surface area contributed by atoms with Crippen molar-refractivity contribution in [3.8, 4) is 5.75 Å². The zero-order chi connectivity index (χ0) is 27.7. The fourth-order valence-electron chi connectivity index (χ4n) is 6.77. The molecule has 0 radical (unpaired) electrons. The first-order valence-electron chi connectivity index (χ1n) is 14.3. The van der Waals surface area contributed by atoms with Crippen LogP contribution in [-0.2, 0) is 22.8 Å². The van der Waals surface area contributed by atoms with Gasteiger partial charge in [0, 0.05) is 35.8 Å². The molecule has 39 heavy (non-hydrogen) atoms. The van der Waals surface area contributed by atoms with Gasteiger partial charge in [0.15, 0.2) is 0 Å². The van der Waals surface area contributed by atoms with Gasteiger partial charge in [-0.3, -0.25) is 14.7 Å². The van der Waals surface area contributed by atoms with Crippen molar-refractivity contribution in [1.82, 2.24) is 9.88 Å². The molecular weight excluding hydrogens is 512 g/mol. The molecule has 2 unspecified atom stereocenters. The Balaban J connectivity index is 1.27. The molecule has 0 amide bonds. The van der Waals surface area contributed by atoms with Gasteiger partial charge >= 0.3 is 12.1 Å². The predicted octanol–water partition coefficient (Wildman–Crippen LogP) is 7.29. The summed E-state index contributed by atoms with van der Waals surface area (Å²) in [7, 11) is 0. The molecule has 2 atom stereocenters. The van der Waals surface area contributed by atoms with E-state index in [4.69, 9.17) is 9.47 Å². The first-order chi connectivity index (χ1) is 18.6. The summed E-state index contributed by atoms with van der Waals surface area (Å²) in [5.41, 5.74) is 1.29. The number of alkyl halides is 4. The van der Waals surface area contributed by atoms with E-state index in [1.807, 2.05) is 26.0 Å². The van der Waals surface area contributed by atoms with Crippen LogP contribution in [0.25, 0.3) is 10.8 Å². The fourth-order valence-corrected chi connectivity index (χ4v) is 6.77. The van der Waals surface area contributed by atoms with E-state index in [0.717, 1.165) is 43.2 Å². The Morgan fingerprint density at radius 1 is 1.08 bits per heavy atom. The Morgan fingerprint density at radius 2 is 1.77 bits per heavy atom. The average molecular weight is 551 g/mol. The van der Waals surface area contributed by atoms with E-state index in [9.17, 15) is 22.4 Å². The maximum absolute atomic E-state index is 14.2. The molecule has 3 fully saturated rings. The minimum absolute atomic E-state index is 0.0375. The number of aromatic nitrogens is 1. The zero-order valence-electron chi connectivity index (χ0n) is 22.7. The van der Waals surface area contributed by atoms with Gasteiger partial charge in [0.1, 0.15) is 12.4 Å². The van der Waals surface area contributed by atoms with Crippen LogP contribution in [0.1, 0.15) is 82.9 Å². The lowest BCUT2D eigenvalue weighted by atomic mass is 9.78. The highest BCUT2D eigenvalue weighted by molar-refractivity contribution is 5.87. The van der Waals surface area contributed by atoms with Crippen molar-refractivity contribution in [3.05, 3.63) is 35.7 Å². The normalized spacial score (nSPS) is 28.0. The third kappa shape index (κ3) is 6.34. The van der Waals surface area contributed by atoms with E-state index in [0.29, 0.717) is 48.2 Å². The molecule has 1 aromatic heterocycles. The SMILES string of the molecule is CC(C)OC(=O)C1CC2CCCC(C1)N2Cc1cc2ccc(OC3CCC(C(F)(F)F)CC3)c(CF)c2cn1. The number of nitrogens with zero attached hydrogens (tertiary/aromatic N) is 2. The van der Waals surface area contributed by atoms with Gasteiger partial charge in [-0.2, -0.15) is 13.2 Å². The molecule has 3 heterocycles. The third-order valence-corrected chi connectivity index (χ3v) is 8.75. The molecule has 5 rings (SSSR count). The molecule has 0 spiro atoms. The van der Waals surface area contributed by atoms with Crippen molar-refractivity contribution in [2.45, 2.75) is 115 Å². The molecule has 2 aromatic rings. The Labute approximate surface area is 227 Å². The molecule has 1 saturated carbocycles. The van der Waals surface area contributed by atoms with Crippen LogP contribution in [0, 0.1) is 11.8 Å². The fraction of sp³-hybridized carbons (Fsp3) is 0.667. The van der Waals surface area contributed by atoms with Crippen molar-refractivity contribution >= 4 is 16.7 Å². The van der Waals surface area contributed by atoms with Crippen molar-refractivity contribution in [3.63, 3.8) is 0 Å². The van der Waals surface area contributed by atoms with Gasteiger partial charge in [-0.15, -0.1) is 0 Å². The maximum atomic E-state index is 14.2. The molecule has 2 aliphatic heterocycles. The van der Waals surface area contributed by atoms with Gasteiger partial charge in [0.2, 0.25) is 0 Å². The summed E-state index contributed by atoms with van der Waals surface area (Å²) < 4.78 is 64.7. The summed E-state index contributed by atoms with van der Waals surface area (Å²) in [5.74, 6) is -1.04. The quantitative estimate of drug-likeness (QED) is 0.268. The number of benzene rings is 1. The summed E-state index contributed by atoms with van der Waals surface area (Å²) in [6, 6.07) is 6.22. The lowest BCUT2D eigenvalue weighted by Gasteiger charge is -2.48. The van der Waals surface area contributed by atoms with E-state index < -0.39 is 18.8 Å². The van der Waals surface area contributed by atoms with E-state index in [-0.39, 0.29) is 36.9 Å². The minimum atomic E-state index is -4.17. The van der Waals surface area contributed by atoms with Crippen LogP contribution < -0.4 is 4.74 Å². The van der Waals surface area contributed by atoms with Gasteiger partial charge in [-0.25, -0.2) is 4.39 Å². The molecule has 1 aliphatic carbocycles. The molecule has 2 bridgehead atoms. The summed E-state index contributed by atoms with van der Waals surface area (Å²) in [5, 5.41) is 1.53. The van der Waals surface area contributed by atoms with E-state index >= 15 is 0 Å². The Bertz CT molecular complexity index is 1150. The Kier molecular flexibility index (Phi) is 8.36. The number of rotatable bonds is 7. The van der Waals surface area contributed by atoms with Crippen molar-refractivity contribution < 1.29 is 31.8 Å². The number of fused-ring (bicyclic) bond motifs is 3. The highest BCUT2D eigenvalue weighted by atomic mass is 19.4. The lowest BCUT2D eigenvalue weighted by molar-refractivity contribution is -0.185. The number of pyridine rings is 1. The standard InChI is InChI=1S/C30H38F4N2O3/c1-18(2)38-29(37)20-13-23-4-3-5-24(14-20)36(23)17-22-12-19-6-11-28(26(15-31)27(19)16-35-22)39-25-9-7-21(8-10-25)30(32,33)34/h6,11-12,16,18,20-21,23-25H,3-5,7-10,13-15,17H2,1-2H3. The number of ether oxygens (including phenoxy) is 2. The monoisotopic (exact) mass is 550 g/mol. The molecule has 0 N–H and O–H groups in total. The van der Waals surface area contributed by atoms with Crippen molar-refractivity contribution in [2.75, 3.05) is 0 Å². The van der Waals surface area contributed by atoms with E-state index in [2.05, 4.69) is 9.88 Å². The van der Waals surface area contributed by atoms with Gasteiger partial charge in [-0.05, 0) is 82.7 Å². The molecule has 5 nitrogen and oxygen atoms in total. The van der Waals surface area contributed by atoms with E-state index in [1.165, 1.54) is 0 Å². The summed E-state index contributed by atoms with van der Waals surface area (Å²) in [4.78, 5) is 19.7. The zero-order valence-corrected chi connectivity index (χ0v) is 22.7. The second kappa shape index (κ2) is 11.6. The van der Waals surface area contributed by atoms with Crippen LogP contribution in [-0.4, -0.2) is 46.3 Å². The van der Waals surface area contributed by atoms with Gasteiger partial charge < -0.3 is 9.47 Å². The van der Waals surface area contributed by atoms with Crippen LogP contribution in [0.5, 0.6) is 5.75 Å². The summed E-state index contributed by atoms with van der Waals surface area (Å²) >= 11 is 0. The number of halogens is 4. The smallest absolute Gasteiger partial charge is 0.391 e.